The number of imidazole rings is 2. The molecule has 1 unspecified atom stereocenters. The number of benzene rings is 1. The van der Waals surface area contributed by atoms with Crippen molar-refractivity contribution in [2.75, 3.05) is 17.7 Å². The Hall–Kier alpha value is -4.44. The number of nitrogens with one attached hydrogen (secondary N) is 2. The lowest BCUT2D eigenvalue weighted by Gasteiger charge is -2.15. The Bertz CT molecular complexity index is 1780. The molecule has 0 bridgehead atoms. The Kier molecular flexibility index (Phi) is 12.1. The Balaban J connectivity index is 0.000000953. The number of pyridine rings is 2. The first-order chi connectivity index (χ1) is 20.8. The third-order valence-corrected chi connectivity index (χ3v) is 7.68. The Morgan fingerprint density at radius 2 is 1.84 bits per heavy atom. The number of nitriles is 1. The molecule has 0 aliphatic rings. The minimum atomic E-state index is -2.78. The van der Waals surface area contributed by atoms with Crippen LogP contribution >= 0.6 is 28.4 Å². The van der Waals surface area contributed by atoms with E-state index in [9.17, 15) is 14.0 Å². The molecule has 11 nitrogen and oxygen atoms in total. The highest BCUT2D eigenvalue weighted by Gasteiger charge is 2.23. The molecule has 0 aliphatic heterocycles. The molecule has 0 saturated heterocycles. The molecule has 2 N–H and O–H groups in total. The van der Waals surface area contributed by atoms with Crippen LogP contribution in [0.25, 0.3) is 22.4 Å². The summed E-state index contributed by atoms with van der Waals surface area (Å²) in [5, 5.41) is 15.5. The van der Waals surface area contributed by atoms with Gasteiger partial charge in [-0.3, -0.25) is 4.34 Å². The number of hydrogen-bond donors (Lipinski definition) is 2. The summed E-state index contributed by atoms with van der Waals surface area (Å²) in [5.41, 5.74) is 3.64. The predicted molar refractivity (Wildman–Crippen MR) is 174 cm³/mol. The second-order valence-corrected chi connectivity index (χ2v) is 10.2. The molecule has 43 heavy (non-hydrogen) atoms. The van der Waals surface area contributed by atoms with E-state index in [4.69, 9.17) is 9.53 Å². The Morgan fingerprint density at radius 1 is 1.09 bits per heavy atom. The second kappa shape index (κ2) is 15.7. The summed E-state index contributed by atoms with van der Waals surface area (Å²) in [6, 6.07) is 14.2. The van der Waals surface area contributed by atoms with Crippen molar-refractivity contribution in [2.24, 2.45) is 7.05 Å². The largest absolute Gasteiger partial charge is 0.495 e. The molecule has 1 atom stereocenters. The van der Waals surface area contributed by atoms with Gasteiger partial charge < -0.3 is 19.9 Å². The van der Waals surface area contributed by atoms with Crippen molar-refractivity contribution in [1.82, 2.24) is 28.8 Å². The maximum Gasteiger partial charge on any atom is 0.295 e. The molecule has 0 aliphatic carbocycles. The fraction of sp³-hybridized carbons (Fsp3) is 0.179. The molecule has 0 saturated carbocycles. The van der Waals surface area contributed by atoms with Crippen LogP contribution in [-0.4, -0.2) is 41.9 Å². The molecule has 5 aromatic rings. The third-order valence-electron chi connectivity index (χ3n) is 5.62. The van der Waals surface area contributed by atoms with Gasteiger partial charge in [0, 0.05) is 18.7 Å². The molecule has 0 radical (unpaired) electrons. The van der Waals surface area contributed by atoms with Crippen LogP contribution in [0.3, 0.4) is 0 Å². The Morgan fingerprint density at radius 3 is 2.44 bits per heavy atom. The van der Waals surface area contributed by atoms with Crippen LogP contribution in [0, 0.1) is 11.3 Å². The van der Waals surface area contributed by atoms with Gasteiger partial charge in [0.15, 0.2) is 11.5 Å². The van der Waals surface area contributed by atoms with Crippen LogP contribution in [-0.2, 0) is 11.8 Å². The summed E-state index contributed by atoms with van der Waals surface area (Å²) >= 11 is 2.02. The molecule has 4 aromatic heterocycles. The first-order valence-electron chi connectivity index (χ1n) is 12.6. The number of aromatic nitrogens is 6. The average Bonchev–Trinajstić information content (AvgIpc) is 3.62. The van der Waals surface area contributed by atoms with Crippen LogP contribution in [0.15, 0.2) is 61.6 Å². The predicted octanol–water partition coefficient (Wildman–Crippen LogP) is 7.35. The molecule has 222 valence electrons. The SMILES string of the molecule is C=C=O.CC.COc1cc(-c2cncn2C)ccc1Nc1cc(Nc2cccc(C#N)n2)nc2c1nc(C(F)F)n2PI. The lowest BCUT2D eigenvalue weighted by molar-refractivity contribution is 0.140. The normalized spacial score (nSPS) is 10.4. The number of anilines is 4. The highest BCUT2D eigenvalue weighted by molar-refractivity contribution is 14.2. The molecular weight excluding hydrogens is 690 g/mol. The van der Waals surface area contributed by atoms with E-state index in [0.29, 0.717) is 28.8 Å². The number of fused-ring (bicyclic) bond motifs is 1. The highest BCUT2D eigenvalue weighted by Crippen LogP contribution is 2.40. The van der Waals surface area contributed by atoms with Gasteiger partial charge in [0.2, 0.25) is 0 Å². The van der Waals surface area contributed by atoms with Crippen LogP contribution < -0.4 is 15.4 Å². The first-order valence-corrected chi connectivity index (χ1v) is 16.7. The molecule has 5 rings (SSSR count). The molecule has 0 amide bonds. The van der Waals surface area contributed by atoms with Crippen molar-refractivity contribution >= 4 is 68.5 Å². The zero-order chi connectivity index (χ0) is 31.5. The number of alkyl halides is 2. The molecule has 0 fully saturated rings. The van der Waals surface area contributed by atoms with Gasteiger partial charge in [-0.1, -0.05) is 26.0 Å². The van der Waals surface area contributed by atoms with Crippen LogP contribution in [0.4, 0.5) is 31.8 Å². The van der Waals surface area contributed by atoms with Crippen LogP contribution in [0.5, 0.6) is 5.75 Å². The Labute approximate surface area is 261 Å². The van der Waals surface area contributed by atoms with E-state index in [1.54, 1.807) is 43.9 Å². The number of methoxy groups -OCH3 is 1. The number of nitrogens with zero attached hydrogens (tertiary/aromatic N) is 7. The summed E-state index contributed by atoms with van der Waals surface area (Å²) in [6.45, 7) is 6.68. The molecule has 4 heterocycles. The fourth-order valence-corrected chi connectivity index (χ4v) is 5.78. The molecule has 1 aromatic carbocycles. The summed E-state index contributed by atoms with van der Waals surface area (Å²) in [5.74, 6) is 2.14. The molecule has 0 spiro atoms. The third kappa shape index (κ3) is 7.70. The van der Waals surface area contributed by atoms with E-state index in [-0.39, 0.29) is 29.1 Å². The summed E-state index contributed by atoms with van der Waals surface area (Å²) in [4.78, 5) is 25.7. The van der Waals surface area contributed by atoms with E-state index >= 15 is 0 Å². The maximum atomic E-state index is 13.9. The summed E-state index contributed by atoms with van der Waals surface area (Å²) < 4.78 is 36.6. The highest BCUT2D eigenvalue weighted by atomic mass is 127. The number of ether oxygens (including phenoxy) is 1. The monoisotopic (exact) mass is 717 g/mol. The zero-order valence-corrected chi connectivity index (χ0v) is 26.7. The number of hydrogen-bond acceptors (Lipinski definition) is 9. The van der Waals surface area contributed by atoms with Gasteiger partial charge in [-0.25, -0.2) is 33.5 Å². The van der Waals surface area contributed by atoms with Crippen molar-refractivity contribution in [3.63, 3.8) is 0 Å². The number of aryl methyl sites for hydroxylation is 1. The molecule has 15 heteroatoms. The fourth-order valence-electron chi connectivity index (χ4n) is 3.89. The van der Waals surface area contributed by atoms with Crippen LogP contribution in [0.1, 0.15) is 31.8 Å². The van der Waals surface area contributed by atoms with Crippen molar-refractivity contribution in [2.45, 2.75) is 20.3 Å². The van der Waals surface area contributed by atoms with Crippen molar-refractivity contribution < 1.29 is 18.3 Å². The summed E-state index contributed by atoms with van der Waals surface area (Å²) in [6.07, 6.45) is 0.628. The number of rotatable bonds is 8. The summed E-state index contributed by atoms with van der Waals surface area (Å²) in [7, 11) is 3.45. The van der Waals surface area contributed by atoms with Crippen molar-refractivity contribution in [3.8, 4) is 23.1 Å². The van der Waals surface area contributed by atoms with E-state index < -0.39 is 6.43 Å². The number of carbonyl (C=O) groups excluding carboxylic acids is 1. The topological polar surface area (TPSA) is 136 Å². The van der Waals surface area contributed by atoms with Gasteiger partial charge in [-0.15, -0.1) is 0 Å². The lowest BCUT2D eigenvalue weighted by atomic mass is 10.1. The second-order valence-electron chi connectivity index (χ2n) is 8.14. The van der Waals surface area contributed by atoms with Gasteiger partial charge in [-0.05, 0) is 52.9 Å². The minimum absolute atomic E-state index is 0.0573. The van der Waals surface area contributed by atoms with Gasteiger partial charge >= 0.3 is 0 Å². The van der Waals surface area contributed by atoms with E-state index in [1.807, 2.05) is 71.8 Å². The van der Waals surface area contributed by atoms with Gasteiger partial charge in [0.25, 0.3) is 6.43 Å². The maximum absolute atomic E-state index is 13.9. The lowest BCUT2D eigenvalue weighted by Crippen LogP contribution is -2.02. The smallest absolute Gasteiger partial charge is 0.295 e. The van der Waals surface area contributed by atoms with E-state index in [2.05, 4.69) is 37.1 Å². The molecular formula is C28H27F2IN9O2P. The van der Waals surface area contributed by atoms with E-state index in [1.165, 1.54) is 10.3 Å². The zero-order valence-electron chi connectivity index (χ0n) is 23.6. The minimum Gasteiger partial charge on any atom is -0.495 e. The first kappa shape index (κ1) is 33.1. The standard InChI is InChI=1S/C24H19F2IN9OP.C2H2O.C2H6/c1-35-12-29-11-17(35)13-6-7-15(18(8-13)37-2)31-16-9-20(32-19-5-3-4-14(10-28)30-19)33-23-21(16)34-24(22(25)26)36(23)38-27;1-2-3;1-2/h3-9,11-12,22,38H,1-2H3,(H2,30,31,32,33);1H2;1-2H3. The average molecular weight is 717 g/mol. The number of halogens is 3. The van der Waals surface area contributed by atoms with Crippen LogP contribution in [0.2, 0.25) is 0 Å². The quantitative estimate of drug-likeness (QED) is 0.0960. The van der Waals surface area contributed by atoms with Gasteiger partial charge in [0.05, 0.1) is 43.1 Å². The van der Waals surface area contributed by atoms with Crippen molar-refractivity contribution in [3.05, 3.63) is 73.1 Å². The van der Waals surface area contributed by atoms with E-state index in [0.717, 1.165) is 11.3 Å². The van der Waals surface area contributed by atoms with Gasteiger partial charge in [-0.2, -0.15) is 5.26 Å². The van der Waals surface area contributed by atoms with Gasteiger partial charge in [0.1, 0.15) is 40.6 Å². The van der Waals surface area contributed by atoms with Crippen molar-refractivity contribution in [1.29, 1.82) is 5.26 Å².